The minimum absolute atomic E-state index is 0.0676. The van der Waals surface area contributed by atoms with Gasteiger partial charge in [0.2, 0.25) is 0 Å². The third-order valence-electron chi connectivity index (χ3n) is 5.54. The molecule has 0 radical (unpaired) electrons. The predicted octanol–water partition coefficient (Wildman–Crippen LogP) is 4.60. The Labute approximate surface area is 231 Å². The van der Waals surface area contributed by atoms with Gasteiger partial charge >= 0.3 is 0 Å². The van der Waals surface area contributed by atoms with E-state index in [0.29, 0.717) is 40.4 Å². The number of benzene rings is 3. The summed E-state index contributed by atoms with van der Waals surface area (Å²) in [4.78, 5) is 12.7. The molecule has 1 amide bonds. The summed E-state index contributed by atoms with van der Waals surface area (Å²) in [6.07, 6.45) is 1.47. The molecule has 1 N–H and O–H groups in total. The maximum atomic E-state index is 12.7. The Kier molecular flexibility index (Phi) is 9.41. The quantitative estimate of drug-likeness (QED) is 0.156. The molecule has 202 valence electrons. The third-order valence-corrected chi connectivity index (χ3v) is 6.47. The Morgan fingerprint density at radius 2 is 1.64 bits per heavy atom. The van der Waals surface area contributed by atoms with Gasteiger partial charge in [-0.05, 0) is 31.2 Å². The van der Waals surface area contributed by atoms with Crippen molar-refractivity contribution in [3.63, 3.8) is 0 Å². The molecule has 1 heterocycles. The molecule has 4 rings (SSSR count). The van der Waals surface area contributed by atoms with Crippen LogP contribution >= 0.6 is 11.8 Å². The van der Waals surface area contributed by atoms with Crippen LogP contribution in [0.25, 0.3) is 17.1 Å². The third kappa shape index (κ3) is 6.68. The first-order valence-corrected chi connectivity index (χ1v) is 13.0. The van der Waals surface area contributed by atoms with E-state index >= 15 is 0 Å². The van der Waals surface area contributed by atoms with Crippen LogP contribution in [-0.4, -0.2) is 60.6 Å². The summed E-state index contributed by atoms with van der Waals surface area (Å²) >= 11 is 1.25. The zero-order chi connectivity index (χ0) is 27.6. The lowest BCUT2D eigenvalue weighted by molar-refractivity contribution is -0.118. The molecule has 0 spiro atoms. The zero-order valence-electron chi connectivity index (χ0n) is 22.1. The number of nitrogens with one attached hydrogen (secondary N) is 1. The van der Waals surface area contributed by atoms with Gasteiger partial charge < -0.3 is 18.9 Å². The normalized spacial score (nSPS) is 10.9. The first-order valence-electron chi connectivity index (χ1n) is 12.1. The van der Waals surface area contributed by atoms with Crippen LogP contribution in [0.5, 0.6) is 23.0 Å². The van der Waals surface area contributed by atoms with Crippen molar-refractivity contribution in [1.29, 1.82) is 0 Å². The Balaban J connectivity index is 1.51. The number of thioether (sulfide) groups is 1. The van der Waals surface area contributed by atoms with Gasteiger partial charge in [-0.1, -0.05) is 42.1 Å². The summed E-state index contributed by atoms with van der Waals surface area (Å²) in [6, 6.07) is 20.8. The minimum atomic E-state index is -0.315. The van der Waals surface area contributed by atoms with Crippen LogP contribution in [0.1, 0.15) is 12.5 Å². The topological polar surface area (TPSA) is 109 Å². The van der Waals surface area contributed by atoms with E-state index < -0.39 is 0 Å². The molecule has 0 unspecified atom stereocenters. The summed E-state index contributed by atoms with van der Waals surface area (Å²) in [7, 11) is 4.62. The highest BCUT2D eigenvalue weighted by Gasteiger charge is 2.18. The summed E-state index contributed by atoms with van der Waals surface area (Å²) in [6.45, 7) is 2.52. The van der Waals surface area contributed by atoms with E-state index in [2.05, 4.69) is 20.7 Å². The fourth-order valence-corrected chi connectivity index (χ4v) is 4.46. The van der Waals surface area contributed by atoms with Gasteiger partial charge in [-0.3, -0.25) is 9.36 Å². The summed E-state index contributed by atoms with van der Waals surface area (Å²) < 4.78 is 23.6. The van der Waals surface area contributed by atoms with Gasteiger partial charge in [-0.2, -0.15) is 5.10 Å². The van der Waals surface area contributed by atoms with Crippen LogP contribution in [0.4, 0.5) is 0 Å². The molecule has 0 bridgehead atoms. The SMILES string of the molecule is CCOc1ccc(-n2c(SCC(=O)N/N=C\c3c(OC)cc(OC)cc3OC)nnc2-c2ccccc2)cc1. The summed E-state index contributed by atoms with van der Waals surface area (Å²) in [5.41, 5.74) is 4.87. The number of nitrogens with zero attached hydrogens (tertiary/aromatic N) is 4. The van der Waals surface area contributed by atoms with Crippen molar-refractivity contribution in [2.75, 3.05) is 33.7 Å². The molecule has 0 aliphatic carbocycles. The van der Waals surface area contributed by atoms with E-state index in [1.807, 2.05) is 66.1 Å². The maximum Gasteiger partial charge on any atom is 0.250 e. The summed E-state index contributed by atoms with van der Waals surface area (Å²) in [5, 5.41) is 13.4. The van der Waals surface area contributed by atoms with Crippen molar-refractivity contribution in [2.24, 2.45) is 5.10 Å². The van der Waals surface area contributed by atoms with E-state index in [1.165, 1.54) is 32.2 Å². The molecule has 39 heavy (non-hydrogen) atoms. The standard InChI is InChI=1S/C28H29N5O5S/c1-5-38-21-13-11-20(12-14-21)33-27(19-9-7-6-8-10-19)31-32-28(33)39-18-26(34)30-29-17-23-24(36-3)15-22(35-2)16-25(23)37-4/h6-17H,5,18H2,1-4H3,(H,30,34)/b29-17-. The molecule has 0 saturated heterocycles. The molecule has 0 fully saturated rings. The van der Waals surface area contributed by atoms with Crippen molar-refractivity contribution in [3.05, 3.63) is 72.3 Å². The number of carbonyl (C=O) groups excluding carboxylic acids is 1. The number of hydrazone groups is 1. The van der Waals surface area contributed by atoms with Crippen LogP contribution in [0.15, 0.2) is 77.0 Å². The second-order valence-corrected chi connectivity index (χ2v) is 8.90. The molecule has 0 aliphatic rings. The van der Waals surface area contributed by atoms with Crippen LogP contribution in [0.2, 0.25) is 0 Å². The van der Waals surface area contributed by atoms with E-state index in [0.717, 1.165) is 17.0 Å². The number of ether oxygens (including phenoxy) is 4. The molecule has 10 nitrogen and oxygen atoms in total. The molecule has 0 aliphatic heterocycles. The lowest BCUT2D eigenvalue weighted by atomic mass is 10.2. The number of hydrogen-bond donors (Lipinski definition) is 1. The van der Waals surface area contributed by atoms with Crippen LogP contribution in [0.3, 0.4) is 0 Å². The van der Waals surface area contributed by atoms with Crippen LogP contribution in [0, 0.1) is 0 Å². The highest BCUT2D eigenvalue weighted by atomic mass is 32.2. The molecular weight excluding hydrogens is 518 g/mol. The van der Waals surface area contributed by atoms with Gasteiger partial charge in [0.05, 0.1) is 45.5 Å². The van der Waals surface area contributed by atoms with Crippen molar-refractivity contribution < 1.29 is 23.7 Å². The average molecular weight is 548 g/mol. The second-order valence-electron chi connectivity index (χ2n) is 7.96. The largest absolute Gasteiger partial charge is 0.496 e. The molecule has 0 saturated carbocycles. The Morgan fingerprint density at radius 1 is 0.949 bits per heavy atom. The van der Waals surface area contributed by atoms with Crippen LogP contribution in [-0.2, 0) is 4.79 Å². The fourth-order valence-electron chi connectivity index (χ4n) is 3.72. The van der Waals surface area contributed by atoms with Gasteiger partial charge in [0.25, 0.3) is 5.91 Å². The zero-order valence-corrected chi connectivity index (χ0v) is 22.9. The molecule has 1 aromatic heterocycles. The number of amides is 1. The molecular formula is C28H29N5O5S. The lowest BCUT2D eigenvalue weighted by Crippen LogP contribution is -2.20. The lowest BCUT2D eigenvalue weighted by Gasteiger charge is -2.12. The van der Waals surface area contributed by atoms with Gasteiger partial charge in [-0.25, -0.2) is 5.43 Å². The molecule has 0 atom stereocenters. The van der Waals surface area contributed by atoms with Gasteiger partial charge in [-0.15, -0.1) is 10.2 Å². The minimum Gasteiger partial charge on any atom is -0.496 e. The fraction of sp³-hybridized carbons (Fsp3) is 0.214. The van der Waals surface area contributed by atoms with E-state index in [4.69, 9.17) is 18.9 Å². The maximum absolute atomic E-state index is 12.7. The monoisotopic (exact) mass is 547 g/mol. The molecule has 4 aromatic rings. The van der Waals surface area contributed by atoms with Crippen molar-refractivity contribution in [3.8, 4) is 40.1 Å². The Hall–Kier alpha value is -4.51. The highest BCUT2D eigenvalue weighted by Crippen LogP contribution is 2.33. The van der Waals surface area contributed by atoms with Gasteiger partial charge in [0.1, 0.15) is 23.0 Å². The highest BCUT2D eigenvalue weighted by molar-refractivity contribution is 7.99. The van der Waals surface area contributed by atoms with E-state index in [1.54, 1.807) is 19.2 Å². The second kappa shape index (κ2) is 13.3. The van der Waals surface area contributed by atoms with Crippen molar-refractivity contribution >= 4 is 23.9 Å². The number of methoxy groups -OCH3 is 3. The van der Waals surface area contributed by atoms with Gasteiger partial charge in [0.15, 0.2) is 11.0 Å². The predicted molar refractivity (Wildman–Crippen MR) is 151 cm³/mol. The smallest absolute Gasteiger partial charge is 0.250 e. The van der Waals surface area contributed by atoms with Crippen molar-refractivity contribution in [1.82, 2.24) is 20.2 Å². The molecule has 3 aromatic carbocycles. The number of rotatable bonds is 12. The van der Waals surface area contributed by atoms with Crippen LogP contribution < -0.4 is 24.4 Å². The van der Waals surface area contributed by atoms with Crippen molar-refractivity contribution in [2.45, 2.75) is 12.1 Å². The van der Waals surface area contributed by atoms with Gasteiger partial charge in [0, 0.05) is 23.4 Å². The van der Waals surface area contributed by atoms with E-state index in [9.17, 15) is 4.79 Å². The van der Waals surface area contributed by atoms with E-state index in [-0.39, 0.29) is 11.7 Å². The average Bonchev–Trinajstić information content (AvgIpc) is 3.41. The Bertz CT molecular complexity index is 1400. The number of carbonyl (C=O) groups is 1. The Morgan fingerprint density at radius 3 is 2.26 bits per heavy atom. The molecule has 11 heteroatoms. The number of aromatic nitrogens is 3. The first-order chi connectivity index (χ1) is 19.1. The number of hydrogen-bond acceptors (Lipinski definition) is 9. The summed E-state index contributed by atoms with van der Waals surface area (Å²) in [5.74, 6) is 2.76. The first kappa shape index (κ1) is 27.5.